The lowest BCUT2D eigenvalue weighted by atomic mass is 10.1. The summed E-state index contributed by atoms with van der Waals surface area (Å²) in [4.78, 5) is 38.1. The first kappa shape index (κ1) is 20.6. The Bertz CT molecular complexity index is 828. The zero-order valence-corrected chi connectivity index (χ0v) is 17.0. The number of aliphatic hydroxyl groups is 1. The van der Waals surface area contributed by atoms with Gasteiger partial charge in [-0.2, -0.15) is 11.8 Å². The van der Waals surface area contributed by atoms with Gasteiger partial charge in [0, 0.05) is 23.1 Å². The van der Waals surface area contributed by atoms with Gasteiger partial charge in [-0.1, -0.05) is 0 Å². The van der Waals surface area contributed by atoms with Gasteiger partial charge in [0.05, 0.1) is 31.3 Å². The van der Waals surface area contributed by atoms with E-state index >= 15 is 0 Å². The highest BCUT2D eigenvalue weighted by Gasteiger charge is 2.37. The summed E-state index contributed by atoms with van der Waals surface area (Å²) in [5.74, 6) is 1.24. The minimum atomic E-state index is -0.619. The molecule has 3 amide bonds. The number of nitrogens with one attached hydrogen (secondary N) is 1. The van der Waals surface area contributed by atoms with E-state index in [0.717, 1.165) is 16.7 Å². The van der Waals surface area contributed by atoms with E-state index in [0.29, 0.717) is 28.6 Å². The number of hydrogen-bond acceptors (Lipinski definition) is 8. The molecular weight excluding hydrogens is 404 g/mol. The third kappa shape index (κ3) is 4.45. The monoisotopic (exact) mass is 424 g/mol. The summed E-state index contributed by atoms with van der Waals surface area (Å²) in [6, 6.07) is 4.75. The lowest BCUT2D eigenvalue weighted by Gasteiger charge is -2.18. The quantitative estimate of drug-likeness (QED) is 0.659. The molecule has 150 valence electrons. The zero-order chi connectivity index (χ0) is 20.3. The number of imide groups is 1. The molecule has 2 saturated heterocycles. The highest BCUT2D eigenvalue weighted by atomic mass is 32.2. The van der Waals surface area contributed by atoms with Crippen molar-refractivity contribution in [2.75, 3.05) is 32.3 Å². The van der Waals surface area contributed by atoms with Crippen LogP contribution in [-0.4, -0.2) is 71.5 Å². The molecule has 3 rings (SSSR count). The van der Waals surface area contributed by atoms with Gasteiger partial charge in [0.2, 0.25) is 5.91 Å². The highest BCUT2D eigenvalue weighted by Crippen LogP contribution is 2.34. The standard InChI is InChI=1S/C18H20N2O6S2/c1-25-11-4-3-10(14(6-11)26-2)5-15-17(23)20(18(24)28-15)7-16(22)19-12-8-27-9-13(12)21/h3-6,12-13,21H,7-9H2,1-2H3,(H,19,22)/b15-5-/t12-,13-/m1/s1. The van der Waals surface area contributed by atoms with Gasteiger partial charge in [-0.05, 0) is 30.0 Å². The molecule has 0 aliphatic carbocycles. The number of carbonyl (C=O) groups is 3. The molecule has 2 atom stereocenters. The Morgan fingerprint density at radius 3 is 2.75 bits per heavy atom. The van der Waals surface area contributed by atoms with E-state index < -0.39 is 23.2 Å². The second kappa shape index (κ2) is 8.89. The number of rotatable bonds is 6. The van der Waals surface area contributed by atoms with E-state index in [1.165, 1.54) is 26.0 Å². The van der Waals surface area contributed by atoms with Crippen molar-refractivity contribution in [3.63, 3.8) is 0 Å². The van der Waals surface area contributed by atoms with Crippen molar-refractivity contribution in [1.29, 1.82) is 0 Å². The lowest BCUT2D eigenvalue weighted by Crippen LogP contribution is -2.47. The molecule has 0 unspecified atom stereocenters. The fourth-order valence-electron chi connectivity index (χ4n) is 2.79. The number of amides is 3. The van der Waals surface area contributed by atoms with Crippen molar-refractivity contribution in [2.24, 2.45) is 0 Å². The number of aliphatic hydroxyl groups excluding tert-OH is 1. The molecule has 0 radical (unpaired) electrons. The van der Waals surface area contributed by atoms with E-state index in [-0.39, 0.29) is 17.5 Å². The van der Waals surface area contributed by atoms with Crippen molar-refractivity contribution in [3.05, 3.63) is 28.7 Å². The molecule has 2 fully saturated rings. The first-order valence-corrected chi connectivity index (χ1v) is 10.4. The van der Waals surface area contributed by atoms with E-state index in [1.54, 1.807) is 24.3 Å². The van der Waals surface area contributed by atoms with Gasteiger partial charge in [0.25, 0.3) is 11.1 Å². The van der Waals surface area contributed by atoms with Crippen LogP contribution in [0.4, 0.5) is 4.79 Å². The van der Waals surface area contributed by atoms with Gasteiger partial charge >= 0.3 is 0 Å². The second-order valence-corrected chi connectivity index (χ2v) is 8.22. The normalized spacial score (nSPS) is 23.4. The molecule has 2 aliphatic heterocycles. The van der Waals surface area contributed by atoms with Crippen molar-refractivity contribution >= 4 is 46.7 Å². The Morgan fingerprint density at radius 2 is 2.11 bits per heavy atom. The van der Waals surface area contributed by atoms with Crippen LogP contribution in [0.15, 0.2) is 23.1 Å². The Balaban J connectivity index is 1.71. The largest absolute Gasteiger partial charge is 0.497 e. The van der Waals surface area contributed by atoms with Crippen LogP contribution in [0.2, 0.25) is 0 Å². The molecule has 2 aliphatic rings. The van der Waals surface area contributed by atoms with Crippen LogP contribution in [0.5, 0.6) is 11.5 Å². The average Bonchev–Trinajstić information content (AvgIpc) is 3.19. The summed E-state index contributed by atoms with van der Waals surface area (Å²) in [5, 5.41) is 11.9. The average molecular weight is 425 g/mol. The predicted octanol–water partition coefficient (Wildman–Crippen LogP) is 1.33. The Morgan fingerprint density at radius 1 is 1.32 bits per heavy atom. The Labute approximate surface area is 170 Å². The van der Waals surface area contributed by atoms with Crippen LogP contribution in [0.3, 0.4) is 0 Å². The summed E-state index contributed by atoms with van der Waals surface area (Å²) in [7, 11) is 3.03. The third-order valence-electron chi connectivity index (χ3n) is 4.30. The fraction of sp³-hybridized carbons (Fsp3) is 0.389. The summed E-state index contributed by atoms with van der Waals surface area (Å²) in [6.07, 6.45) is 0.935. The van der Waals surface area contributed by atoms with Gasteiger partial charge in [0.1, 0.15) is 18.0 Å². The molecule has 1 aromatic carbocycles. The number of hydrogen-bond donors (Lipinski definition) is 2. The Hall–Kier alpha value is -2.17. The van der Waals surface area contributed by atoms with Crippen LogP contribution in [0, 0.1) is 0 Å². The van der Waals surface area contributed by atoms with Crippen molar-refractivity contribution in [1.82, 2.24) is 10.2 Å². The van der Waals surface area contributed by atoms with Crippen LogP contribution < -0.4 is 14.8 Å². The van der Waals surface area contributed by atoms with Crippen molar-refractivity contribution in [2.45, 2.75) is 12.1 Å². The maximum Gasteiger partial charge on any atom is 0.294 e. The topological polar surface area (TPSA) is 105 Å². The maximum absolute atomic E-state index is 12.6. The predicted molar refractivity (Wildman–Crippen MR) is 107 cm³/mol. The first-order chi connectivity index (χ1) is 13.4. The molecule has 10 heteroatoms. The van der Waals surface area contributed by atoms with Gasteiger partial charge in [-0.3, -0.25) is 19.3 Å². The van der Waals surface area contributed by atoms with E-state index in [2.05, 4.69) is 5.32 Å². The molecule has 2 N–H and O–H groups in total. The van der Waals surface area contributed by atoms with Crippen LogP contribution in [0.25, 0.3) is 6.08 Å². The van der Waals surface area contributed by atoms with Gasteiger partial charge in [0.15, 0.2) is 0 Å². The smallest absolute Gasteiger partial charge is 0.294 e. The number of ether oxygens (including phenoxy) is 2. The molecular formula is C18H20N2O6S2. The van der Waals surface area contributed by atoms with E-state index in [9.17, 15) is 19.5 Å². The van der Waals surface area contributed by atoms with Crippen LogP contribution in [-0.2, 0) is 9.59 Å². The summed E-state index contributed by atoms with van der Waals surface area (Å²) < 4.78 is 10.4. The number of methoxy groups -OCH3 is 2. The molecule has 0 saturated carbocycles. The maximum atomic E-state index is 12.6. The second-order valence-electron chi connectivity index (χ2n) is 6.15. The number of benzene rings is 1. The molecule has 1 aromatic rings. The molecule has 0 bridgehead atoms. The molecule has 0 aromatic heterocycles. The number of thioether (sulfide) groups is 2. The van der Waals surface area contributed by atoms with Crippen molar-refractivity contribution < 1.29 is 29.0 Å². The van der Waals surface area contributed by atoms with Gasteiger partial charge < -0.3 is 19.9 Å². The number of carbonyl (C=O) groups excluding carboxylic acids is 3. The first-order valence-electron chi connectivity index (χ1n) is 8.45. The summed E-state index contributed by atoms with van der Waals surface area (Å²) >= 11 is 2.31. The fourth-order valence-corrected chi connectivity index (χ4v) is 4.79. The SMILES string of the molecule is COc1ccc(/C=C2\SC(=O)N(CC(=O)N[C@@H]3CSC[C@H]3O)C2=O)c(OC)c1. The highest BCUT2D eigenvalue weighted by molar-refractivity contribution is 8.18. The Kier molecular flexibility index (Phi) is 6.53. The van der Waals surface area contributed by atoms with Gasteiger partial charge in [-0.25, -0.2) is 0 Å². The minimum Gasteiger partial charge on any atom is -0.497 e. The summed E-state index contributed by atoms with van der Waals surface area (Å²) in [6.45, 7) is -0.379. The zero-order valence-electron chi connectivity index (χ0n) is 15.3. The molecule has 0 spiro atoms. The number of nitrogens with zero attached hydrogens (tertiary/aromatic N) is 1. The molecule has 8 nitrogen and oxygen atoms in total. The molecule has 2 heterocycles. The van der Waals surface area contributed by atoms with Crippen molar-refractivity contribution in [3.8, 4) is 11.5 Å². The van der Waals surface area contributed by atoms with Crippen LogP contribution >= 0.6 is 23.5 Å². The third-order valence-corrected chi connectivity index (χ3v) is 6.38. The van der Waals surface area contributed by atoms with E-state index in [4.69, 9.17) is 9.47 Å². The summed E-state index contributed by atoms with van der Waals surface area (Å²) in [5.41, 5.74) is 0.615. The van der Waals surface area contributed by atoms with Gasteiger partial charge in [-0.15, -0.1) is 0 Å². The molecule has 28 heavy (non-hydrogen) atoms. The lowest BCUT2D eigenvalue weighted by molar-refractivity contribution is -0.129. The van der Waals surface area contributed by atoms with Crippen LogP contribution in [0.1, 0.15) is 5.56 Å². The van der Waals surface area contributed by atoms with E-state index in [1.807, 2.05) is 0 Å². The minimum absolute atomic E-state index is 0.206.